The molecule has 0 saturated heterocycles. The molecular formula is C26H32N2O3S. The number of hydrogen-bond acceptors (Lipinski definition) is 4. The van der Waals surface area contributed by atoms with E-state index in [9.17, 15) is 9.59 Å². The summed E-state index contributed by atoms with van der Waals surface area (Å²) in [4.78, 5) is 28.3. The molecule has 6 heteroatoms. The Morgan fingerprint density at radius 3 is 2.75 bits per heavy atom. The average Bonchev–Trinajstić information content (AvgIpc) is 3.26. The summed E-state index contributed by atoms with van der Waals surface area (Å²) >= 11 is 1.42. The molecule has 0 radical (unpaired) electrons. The van der Waals surface area contributed by atoms with Crippen LogP contribution >= 0.6 is 11.8 Å². The smallest absolute Gasteiger partial charge is 0.252 e. The number of ether oxygens (including phenoxy) is 1. The fourth-order valence-electron chi connectivity index (χ4n) is 4.59. The predicted octanol–water partition coefficient (Wildman–Crippen LogP) is 4.69. The highest BCUT2D eigenvalue weighted by molar-refractivity contribution is 8.00. The molecule has 0 bridgehead atoms. The lowest BCUT2D eigenvalue weighted by Gasteiger charge is -2.28. The first-order valence-electron chi connectivity index (χ1n) is 11.6. The van der Waals surface area contributed by atoms with Crippen LogP contribution in [0.3, 0.4) is 0 Å². The molecule has 2 aliphatic rings. The molecule has 1 aliphatic carbocycles. The van der Waals surface area contributed by atoms with Gasteiger partial charge in [-0.1, -0.05) is 50.1 Å². The molecule has 0 aromatic heterocycles. The predicted molar refractivity (Wildman–Crippen MR) is 129 cm³/mol. The van der Waals surface area contributed by atoms with Crippen molar-refractivity contribution in [2.75, 3.05) is 30.3 Å². The van der Waals surface area contributed by atoms with E-state index in [1.54, 1.807) is 0 Å². The molecule has 2 aromatic rings. The van der Waals surface area contributed by atoms with Gasteiger partial charge in [0.05, 0.1) is 24.0 Å². The van der Waals surface area contributed by atoms with Gasteiger partial charge in [-0.3, -0.25) is 9.59 Å². The number of anilines is 1. The van der Waals surface area contributed by atoms with E-state index >= 15 is 0 Å². The molecule has 2 amide bonds. The zero-order valence-electron chi connectivity index (χ0n) is 18.7. The van der Waals surface area contributed by atoms with Gasteiger partial charge in [-0.05, 0) is 48.9 Å². The third-order valence-corrected chi connectivity index (χ3v) is 7.48. The summed E-state index contributed by atoms with van der Waals surface area (Å²) in [5.41, 5.74) is 2.84. The Labute approximate surface area is 194 Å². The molecule has 1 fully saturated rings. The Kier molecular flexibility index (Phi) is 7.87. The molecule has 2 aromatic carbocycles. The molecule has 1 heterocycles. The highest BCUT2D eigenvalue weighted by Crippen LogP contribution is 2.30. The molecule has 4 rings (SSSR count). The number of nitrogens with one attached hydrogen (secondary N) is 1. The van der Waals surface area contributed by atoms with Crippen LogP contribution in [0.4, 0.5) is 5.69 Å². The van der Waals surface area contributed by atoms with Gasteiger partial charge in [0.2, 0.25) is 5.91 Å². The van der Waals surface area contributed by atoms with Gasteiger partial charge in [0, 0.05) is 23.7 Å². The molecule has 5 nitrogen and oxygen atoms in total. The minimum Gasteiger partial charge on any atom is -0.376 e. The standard InChI is InChI=1S/C26H32N2O3S/c1-19-8-2-6-12-23(19)31-17-15-27-26(30)21-10-4-7-13-24(21)32-18-25(29)28-16-14-20-9-3-5-11-22(20)28/h3-5,7,9-11,13,19,23H,2,6,8,12,14-18H2,1H3,(H,27,30). The van der Waals surface area contributed by atoms with Gasteiger partial charge < -0.3 is 15.0 Å². The van der Waals surface area contributed by atoms with Crippen LogP contribution in [0.1, 0.15) is 48.5 Å². The molecule has 170 valence electrons. The maximum absolute atomic E-state index is 12.8. The van der Waals surface area contributed by atoms with Gasteiger partial charge >= 0.3 is 0 Å². The first-order chi connectivity index (χ1) is 15.6. The first kappa shape index (κ1) is 22.9. The first-order valence-corrected chi connectivity index (χ1v) is 12.6. The number of benzene rings is 2. The third kappa shape index (κ3) is 5.54. The van der Waals surface area contributed by atoms with Crippen molar-refractivity contribution in [2.45, 2.75) is 50.0 Å². The Balaban J connectivity index is 1.28. The van der Waals surface area contributed by atoms with Crippen LogP contribution in [0, 0.1) is 5.92 Å². The van der Waals surface area contributed by atoms with E-state index < -0.39 is 0 Å². The number of nitrogens with zero attached hydrogens (tertiary/aromatic N) is 1. The summed E-state index contributed by atoms with van der Waals surface area (Å²) < 4.78 is 6.01. The van der Waals surface area contributed by atoms with Crippen LogP contribution in [-0.2, 0) is 16.0 Å². The molecule has 2 atom stereocenters. The molecule has 0 spiro atoms. The Morgan fingerprint density at radius 1 is 1.09 bits per heavy atom. The van der Waals surface area contributed by atoms with Crippen molar-refractivity contribution in [1.29, 1.82) is 0 Å². The molecule has 1 saturated carbocycles. The van der Waals surface area contributed by atoms with E-state index in [2.05, 4.69) is 18.3 Å². The van der Waals surface area contributed by atoms with Gasteiger partial charge in [0.1, 0.15) is 0 Å². The van der Waals surface area contributed by atoms with Crippen molar-refractivity contribution in [3.05, 3.63) is 59.7 Å². The average molecular weight is 453 g/mol. The number of para-hydroxylation sites is 1. The summed E-state index contributed by atoms with van der Waals surface area (Å²) in [5.74, 6) is 0.857. The van der Waals surface area contributed by atoms with Gasteiger partial charge in [-0.25, -0.2) is 0 Å². The van der Waals surface area contributed by atoms with E-state index in [4.69, 9.17) is 4.74 Å². The van der Waals surface area contributed by atoms with E-state index in [-0.39, 0.29) is 11.8 Å². The molecular weight excluding hydrogens is 420 g/mol. The minimum atomic E-state index is -0.118. The summed E-state index contributed by atoms with van der Waals surface area (Å²) in [6.45, 7) is 3.99. The van der Waals surface area contributed by atoms with Crippen molar-refractivity contribution in [2.24, 2.45) is 5.92 Å². The fraction of sp³-hybridized carbons (Fsp3) is 0.462. The van der Waals surface area contributed by atoms with Gasteiger partial charge in [0.25, 0.3) is 5.91 Å². The number of carbonyl (C=O) groups excluding carboxylic acids is 2. The minimum absolute atomic E-state index is 0.0742. The largest absolute Gasteiger partial charge is 0.376 e. The number of hydrogen-bond donors (Lipinski definition) is 1. The molecule has 1 aliphatic heterocycles. The second kappa shape index (κ2) is 11.0. The second-order valence-electron chi connectivity index (χ2n) is 8.64. The quantitative estimate of drug-likeness (QED) is 0.466. The Morgan fingerprint density at radius 2 is 1.88 bits per heavy atom. The molecule has 1 N–H and O–H groups in total. The zero-order chi connectivity index (χ0) is 22.3. The Bertz CT molecular complexity index is 948. The van der Waals surface area contributed by atoms with Crippen molar-refractivity contribution in [3.63, 3.8) is 0 Å². The van der Waals surface area contributed by atoms with Gasteiger partial charge in [-0.2, -0.15) is 0 Å². The normalized spacial score (nSPS) is 20.1. The molecule has 32 heavy (non-hydrogen) atoms. The van der Waals surface area contributed by atoms with Crippen LogP contribution in [0.15, 0.2) is 53.4 Å². The SMILES string of the molecule is CC1CCCCC1OCCNC(=O)c1ccccc1SCC(=O)N1CCc2ccccc21. The van der Waals surface area contributed by atoms with Crippen LogP contribution in [0.2, 0.25) is 0 Å². The van der Waals surface area contributed by atoms with Crippen molar-refractivity contribution >= 4 is 29.3 Å². The highest BCUT2D eigenvalue weighted by atomic mass is 32.2. The van der Waals surface area contributed by atoms with E-state index in [1.807, 2.05) is 47.4 Å². The summed E-state index contributed by atoms with van der Waals surface area (Å²) in [6, 6.07) is 15.5. The fourth-order valence-corrected chi connectivity index (χ4v) is 5.52. The zero-order valence-corrected chi connectivity index (χ0v) is 19.5. The lowest BCUT2D eigenvalue weighted by Crippen LogP contribution is -2.32. The second-order valence-corrected chi connectivity index (χ2v) is 9.65. The van der Waals surface area contributed by atoms with Crippen LogP contribution < -0.4 is 10.2 Å². The number of carbonyl (C=O) groups is 2. The summed E-state index contributed by atoms with van der Waals surface area (Å²) in [7, 11) is 0. The van der Waals surface area contributed by atoms with Crippen molar-refractivity contribution in [1.82, 2.24) is 5.32 Å². The monoisotopic (exact) mass is 452 g/mol. The van der Waals surface area contributed by atoms with Crippen molar-refractivity contribution < 1.29 is 14.3 Å². The van der Waals surface area contributed by atoms with E-state index in [0.717, 1.165) is 30.0 Å². The van der Waals surface area contributed by atoms with Crippen molar-refractivity contribution in [3.8, 4) is 0 Å². The topological polar surface area (TPSA) is 58.6 Å². The van der Waals surface area contributed by atoms with Crippen LogP contribution in [0.5, 0.6) is 0 Å². The lowest BCUT2D eigenvalue weighted by molar-refractivity contribution is -0.116. The van der Waals surface area contributed by atoms with Crippen LogP contribution in [0.25, 0.3) is 0 Å². The number of rotatable bonds is 8. The maximum Gasteiger partial charge on any atom is 0.252 e. The summed E-state index contributed by atoms with van der Waals surface area (Å²) in [5, 5.41) is 2.98. The highest BCUT2D eigenvalue weighted by Gasteiger charge is 2.25. The van der Waals surface area contributed by atoms with Crippen LogP contribution in [-0.4, -0.2) is 43.4 Å². The Hall–Kier alpha value is -2.31. The lowest BCUT2D eigenvalue weighted by atomic mass is 9.88. The number of amides is 2. The number of thioether (sulfide) groups is 1. The van der Waals surface area contributed by atoms with E-state index in [1.165, 1.54) is 36.6 Å². The van der Waals surface area contributed by atoms with Gasteiger partial charge in [0.15, 0.2) is 0 Å². The number of fused-ring (bicyclic) bond motifs is 1. The van der Waals surface area contributed by atoms with Gasteiger partial charge in [-0.15, -0.1) is 11.8 Å². The van der Waals surface area contributed by atoms with E-state index in [0.29, 0.717) is 36.5 Å². The summed E-state index contributed by atoms with van der Waals surface area (Å²) in [6.07, 6.45) is 6.07. The molecule has 2 unspecified atom stereocenters. The third-order valence-electron chi connectivity index (χ3n) is 6.42. The maximum atomic E-state index is 12.8.